The zero-order chi connectivity index (χ0) is 20.8. The summed E-state index contributed by atoms with van der Waals surface area (Å²) in [7, 11) is 0. The third-order valence-electron chi connectivity index (χ3n) is 5.03. The SMILES string of the molecule is O=C(Cc1c(O)cccc1N(Cc1ccccc1)Cc1ccccc1)c1cccs1. The minimum atomic E-state index is 0.0205. The first-order chi connectivity index (χ1) is 14.7. The third kappa shape index (κ3) is 4.78. The molecule has 4 aromatic rings. The van der Waals surface area contributed by atoms with Gasteiger partial charge in [-0.25, -0.2) is 0 Å². The molecule has 1 aromatic heterocycles. The van der Waals surface area contributed by atoms with Crippen molar-refractivity contribution in [3.05, 3.63) is 118 Å². The number of carbonyl (C=O) groups is 1. The molecular weight excluding hydrogens is 390 g/mol. The van der Waals surface area contributed by atoms with Crippen LogP contribution in [0.2, 0.25) is 0 Å². The summed E-state index contributed by atoms with van der Waals surface area (Å²) in [6, 6.07) is 29.7. The van der Waals surface area contributed by atoms with Gasteiger partial charge in [-0.2, -0.15) is 0 Å². The number of benzene rings is 3. The highest BCUT2D eigenvalue weighted by Crippen LogP contribution is 2.32. The van der Waals surface area contributed by atoms with Gasteiger partial charge in [0, 0.05) is 30.8 Å². The summed E-state index contributed by atoms with van der Waals surface area (Å²) in [5, 5.41) is 12.5. The van der Waals surface area contributed by atoms with Crippen LogP contribution in [0.15, 0.2) is 96.4 Å². The second-order valence-electron chi connectivity index (χ2n) is 7.18. The number of hydrogen-bond donors (Lipinski definition) is 1. The molecule has 0 aliphatic carbocycles. The van der Waals surface area contributed by atoms with E-state index in [1.807, 2.05) is 66.0 Å². The standard InChI is InChI=1S/C26H23NO2S/c28-24-14-7-13-23(22(24)17-25(29)26-15-8-16-30-26)27(18-20-9-3-1-4-10-20)19-21-11-5-2-6-12-21/h1-16,28H,17-19H2. The van der Waals surface area contributed by atoms with Gasteiger partial charge in [-0.3, -0.25) is 4.79 Å². The van der Waals surface area contributed by atoms with Crippen molar-refractivity contribution in [3.8, 4) is 5.75 Å². The van der Waals surface area contributed by atoms with Crippen LogP contribution in [-0.4, -0.2) is 10.9 Å². The molecular formula is C26H23NO2S. The quantitative estimate of drug-likeness (QED) is 0.356. The number of aromatic hydroxyl groups is 1. The first kappa shape index (κ1) is 19.9. The zero-order valence-electron chi connectivity index (χ0n) is 16.6. The van der Waals surface area contributed by atoms with Gasteiger partial charge < -0.3 is 10.0 Å². The van der Waals surface area contributed by atoms with Crippen LogP contribution in [0.3, 0.4) is 0 Å². The maximum atomic E-state index is 12.8. The highest BCUT2D eigenvalue weighted by atomic mass is 32.1. The summed E-state index contributed by atoms with van der Waals surface area (Å²) in [5.41, 5.74) is 3.90. The molecule has 1 heterocycles. The molecule has 3 aromatic carbocycles. The molecule has 3 nitrogen and oxygen atoms in total. The fourth-order valence-electron chi connectivity index (χ4n) is 3.56. The van der Waals surface area contributed by atoms with E-state index >= 15 is 0 Å². The number of rotatable bonds is 8. The molecule has 1 N–H and O–H groups in total. The smallest absolute Gasteiger partial charge is 0.177 e. The van der Waals surface area contributed by atoms with Crippen molar-refractivity contribution in [3.63, 3.8) is 0 Å². The van der Waals surface area contributed by atoms with Crippen LogP contribution >= 0.6 is 11.3 Å². The topological polar surface area (TPSA) is 40.5 Å². The van der Waals surface area contributed by atoms with Crippen LogP contribution in [-0.2, 0) is 19.5 Å². The Labute approximate surface area is 180 Å². The molecule has 0 saturated heterocycles. The Morgan fingerprint density at radius 1 is 0.767 bits per heavy atom. The zero-order valence-corrected chi connectivity index (χ0v) is 17.4. The number of carbonyl (C=O) groups excluding carboxylic acids is 1. The van der Waals surface area contributed by atoms with Crippen LogP contribution < -0.4 is 4.90 Å². The Kier molecular flexibility index (Phi) is 6.26. The Bertz CT molecular complexity index is 1050. The molecule has 0 bridgehead atoms. The molecule has 30 heavy (non-hydrogen) atoms. The lowest BCUT2D eigenvalue weighted by atomic mass is 10.0. The van der Waals surface area contributed by atoms with E-state index < -0.39 is 0 Å². The van der Waals surface area contributed by atoms with Crippen molar-refractivity contribution in [2.24, 2.45) is 0 Å². The molecule has 0 aliphatic heterocycles. The van der Waals surface area contributed by atoms with E-state index in [4.69, 9.17) is 0 Å². The second kappa shape index (κ2) is 9.42. The van der Waals surface area contributed by atoms with E-state index in [1.54, 1.807) is 6.07 Å². The number of Topliss-reactive ketones (excluding diaryl/α,β-unsaturated/α-hetero) is 1. The van der Waals surface area contributed by atoms with Gasteiger partial charge in [0.2, 0.25) is 0 Å². The summed E-state index contributed by atoms with van der Waals surface area (Å²) >= 11 is 1.43. The average molecular weight is 414 g/mol. The monoisotopic (exact) mass is 413 g/mol. The number of hydrogen-bond acceptors (Lipinski definition) is 4. The number of anilines is 1. The van der Waals surface area contributed by atoms with Crippen molar-refractivity contribution in [2.45, 2.75) is 19.5 Å². The van der Waals surface area contributed by atoms with E-state index in [-0.39, 0.29) is 18.0 Å². The van der Waals surface area contributed by atoms with Crippen molar-refractivity contribution in [1.82, 2.24) is 0 Å². The van der Waals surface area contributed by atoms with Gasteiger partial charge in [0.05, 0.1) is 4.88 Å². The summed E-state index contributed by atoms with van der Waals surface area (Å²) < 4.78 is 0. The predicted molar refractivity (Wildman–Crippen MR) is 123 cm³/mol. The molecule has 4 rings (SSSR count). The molecule has 0 aliphatic rings. The van der Waals surface area contributed by atoms with Crippen LogP contribution in [0.5, 0.6) is 5.75 Å². The van der Waals surface area contributed by atoms with Gasteiger partial charge in [0.15, 0.2) is 5.78 Å². The van der Waals surface area contributed by atoms with Gasteiger partial charge in [0.25, 0.3) is 0 Å². The van der Waals surface area contributed by atoms with E-state index in [1.165, 1.54) is 22.5 Å². The van der Waals surface area contributed by atoms with Crippen molar-refractivity contribution in [2.75, 3.05) is 4.90 Å². The predicted octanol–water partition coefficient (Wildman–Crippen LogP) is 6.09. The lowest BCUT2D eigenvalue weighted by molar-refractivity contribution is 0.0996. The average Bonchev–Trinajstić information content (AvgIpc) is 3.31. The van der Waals surface area contributed by atoms with Crippen LogP contribution in [0.1, 0.15) is 26.4 Å². The molecule has 0 unspecified atom stereocenters. The summed E-state index contributed by atoms with van der Waals surface area (Å²) in [6.45, 7) is 1.36. The maximum Gasteiger partial charge on any atom is 0.177 e. The largest absolute Gasteiger partial charge is 0.508 e. The van der Waals surface area contributed by atoms with Gasteiger partial charge in [-0.1, -0.05) is 72.8 Å². The minimum Gasteiger partial charge on any atom is -0.508 e. The minimum absolute atomic E-state index is 0.0205. The second-order valence-corrected chi connectivity index (χ2v) is 8.13. The first-order valence-electron chi connectivity index (χ1n) is 9.91. The first-order valence-corrected chi connectivity index (χ1v) is 10.8. The molecule has 150 valence electrons. The lowest BCUT2D eigenvalue weighted by Crippen LogP contribution is -2.24. The van der Waals surface area contributed by atoms with E-state index in [0.717, 1.165) is 5.69 Å². The highest BCUT2D eigenvalue weighted by molar-refractivity contribution is 7.12. The summed E-state index contributed by atoms with van der Waals surface area (Å²) in [5.74, 6) is 0.177. The molecule has 0 atom stereocenters. The number of ketones is 1. The van der Waals surface area contributed by atoms with E-state index in [9.17, 15) is 9.90 Å². The Morgan fingerprint density at radius 2 is 1.40 bits per heavy atom. The Hall–Kier alpha value is -3.37. The van der Waals surface area contributed by atoms with E-state index in [2.05, 4.69) is 29.2 Å². The van der Waals surface area contributed by atoms with Gasteiger partial charge in [-0.15, -0.1) is 11.3 Å². The number of phenolic OH excluding ortho intramolecular Hbond substituents is 1. The van der Waals surface area contributed by atoms with Gasteiger partial charge >= 0.3 is 0 Å². The Morgan fingerprint density at radius 3 is 1.97 bits per heavy atom. The Balaban J connectivity index is 1.70. The molecule has 0 radical (unpaired) electrons. The van der Waals surface area contributed by atoms with Gasteiger partial charge in [0.1, 0.15) is 5.75 Å². The number of phenols is 1. The number of thiophene rings is 1. The third-order valence-corrected chi connectivity index (χ3v) is 5.94. The molecule has 0 amide bonds. The molecule has 0 spiro atoms. The lowest BCUT2D eigenvalue weighted by Gasteiger charge is -2.28. The highest BCUT2D eigenvalue weighted by Gasteiger charge is 2.19. The maximum absolute atomic E-state index is 12.8. The van der Waals surface area contributed by atoms with E-state index in [0.29, 0.717) is 23.5 Å². The molecule has 0 fully saturated rings. The summed E-state index contributed by atoms with van der Waals surface area (Å²) in [6.07, 6.45) is 0.169. The molecule has 4 heteroatoms. The summed E-state index contributed by atoms with van der Waals surface area (Å²) in [4.78, 5) is 15.7. The van der Waals surface area contributed by atoms with Crippen molar-refractivity contribution >= 4 is 22.8 Å². The molecule has 0 saturated carbocycles. The fraction of sp³-hybridized carbons (Fsp3) is 0.115. The fourth-order valence-corrected chi connectivity index (χ4v) is 4.22. The number of nitrogens with zero attached hydrogens (tertiary/aromatic N) is 1. The van der Waals surface area contributed by atoms with Gasteiger partial charge in [-0.05, 0) is 34.7 Å². The van der Waals surface area contributed by atoms with Crippen LogP contribution in [0, 0.1) is 0 Å². The normalized spacial score (nSPS) is 10.7. The van der Waals surface area contributed by atoms with Crippen LogP contribution in [0.4, 0.5) is 5.69 Å². The van der Waals surface area contributed by atoms with Crippen molar-refractivity contribution < 1.29 is 9.90 Å². The van der Waals surface area contributed by atoms with Crippen LogP contribution in [0.25, 0.3) is 0 Å². The van der Waals surface area contributed by atoms with Crippen molar-refractivity contribution in [1.29, 1.82) is 0 Å².